The molecule has 2 aliphatic heterocycles. The first-order chi connectivity index (χ1) is 21.6. The summed E-state index contributed by atoms with van der Waals surface area (Å²) in [6, 6.07) is 14.3. The number of hydrogen-bond acceptors (Lipinski definition) is 7. The molecule has 4 heterocycles. The van der Waals surface area contributed by atoms with E-state index in [0.29, 0.717) is 30.9 Å². The summed E-state index contributed by atoms with van der Waals surface area (Å²) in [5.41, 5.74) is 1.54. The highest BCUT2D eigenvalue weighted by Crippen LogP contribution is 2.37. The maximum Gasteiger partial charge on any atom is 0.433 e. The fourth-order valence-electron chi connectivity index (χ4n) is 6.65. The van der Waals surface area contributed by atoms with Crippen LogP contribution in [-0.4, -0.2) is 87.9 Å². The summed E-state index contributed by atoms with van der Waals surface area (Å²) in [6.45, 7) is 6.56. The van der Waals surface area contributed by atoms with Crippen LogP contribution in [0.3, 0.4) is 0 Å². The molecule has 9 nitrogen and oxygen atoms in total. The summed E-state index contributed by atoms with van der Waals surface area (Å²) in [4.78, 5) is 24.7. The lowest BCUT2D eigenvalue weighted by atomic mass is 10.0. The van der Waals surface area contributed by atoms with Crippen molar-refractivity contribution in [2.24, 2.45) is 0 Å². The second kappa shape index (κ2) is 12.3. The number of carbonyl (C=O) groups excluding carboxylic acids is 1. The fourth-order valence-corrected chi connectivity index (χ4v) is 6.65. The number of amides is 1. The van der Waals surface area contributed by atoms with Gasteiger partial charge in [0, 0.05) is 55.6 Å². The van der Waals surface area contributed by atoms with Crippen LogP contribution < -0.4 is 9.64 Å². The number of methoxy groups -OCH3 is 1. The largest absolute Gasteiger partial charge is 0.497 e. The first kappa shape index (κ1) is 30.8. The van der Waals surface area contributed by atoms with Crippen LogP contribution in [0.5, 0.6) is 5.75 Å². The Hall–Kier alpha value is -4.16. The number of rotatable bonds is 7. The van der Waals surface area contributed by atoms with Crippen molar-refractivity contribution in [2.75, 3.05) is 51.3 Å². The Bertz CT molecular complexity index is 1680. The van der Waals surface area contributed by atoms with E-state index in [0.717, 1.165) is 28.9 Å². The lowest BCUT2D eigenvalue weighted by molar-refractivity contribution is -0.143. The van der Waals surface area contributed by atoms with Gasteiger partial charge in [0.15, 0.2) is 11.3 Å². The van der Waals surface area contributed by atoms with Crippen molar-refractivity contribution in [1.82, 2.24) is 24.4 Å². The van der Waals surface area contributed by atoms with Gasteiger partial charge >= 0.3 is 6.18 Å². The number of alkyl halides is 3. The molecule has 238 valence electrons. The van der Waals surface area contributed by atoms with E-state index in [1.165, 1.54) is 33.1 Å². The summed E-state index contributed by atoms with van der Waals surface area (Å²) in [5, 5.41) is 14.4. The smallest absolute Gasteiger partial charge is 0.433 e. The molecule has 0 unspecified atom stereocenters. The molecule has 0 radical (unpaired) electrons. The Morgan fingerprint density at radius 1 is 1.09 bits per heavy atom. The van der Waals surface area contributed by atoms with Gasteiger partial charge in [0.05, 0.1) is 31.6 Å². The molecule has 0 saturated carbocycles. The van der Waals surface area contributed by atoms with E-state index in [-0.39, 0.29) is 41.2 Å². The molecule has 2 aliphatic rings. The predicted octanol–water partition coefficient (Wildman–Crippen LogP) is 5.21. The Morgan fingerprint density at radius 2 is 1.82 bits per heavy atom. The molecular weight excluding hydrogens is 585 g/mol. The second-order valence-electron chi connectivity index (χ2n) is 11.8. The third-order valence-electron chi connectivity index (χ3n) is 9.01. The molecule has 0 bridgehead atoms. The van der Waals surface area contributed by atoms with Crippen LogP contribution in [0.4, 0.5) is 18.9 Å². The summed E-state index contributed by atoms with van der Waals surface area (Å²) in [6.07, 6.45) is -1.22. The van der Waals surface area contributed by atoms with Gasteiger partial charge in [-0.25, -0.2) is 9.50 Å². The van der Waals surface area contributed by atoms with Crippen molar-refractivity contribution in [3.63, 3.8) is 0 Å². The lowest BCUT2D eigenvalue weighted by Crippen LogP contribution is -2.55. The molecule has 0 aliphatic carbocycles. The van der Waals surface area contributed by atoms with E-state index >= 15 is 0 Å². The second-order valence-corrected chi connectivity index (χ2v) is 11.8. The first-order valence-electron chi connectivity index (χ1n) is 15.2. The zero-order chi connectivity index (χ0) is 31.9. The van der Waals surface area contributed by atoms with Crippen LogP contribution in [0.25, 0.3) is 16.9 Å². The van der Waals surface area contributed by atoms with Crippen LogP contribution >= 0.6 is 0 Å². The number of carbonyl (C=O) groups is 1. The number of piperazine rings is 1. The molecule has 0 spiro atoms. The van der Waals surface area contributed by atoms with Gasteiger partial charge in [0.25, 0.3) is 5.91 Å². The highest BCUT2D eigenvalue weighted by molar-refractivity contribution is 6.00. The standard InChI is InChI=1S/C33H37F3N6O3/c1-21-19-40(28(20-43)24-7-6-8-25(17-24)39-13-4-5-14-39)15-16-41(21)32(44)27-18-37-42-30(33(34,35)36)22(2)29(38-31(27)42)23-9-11-26(45-3)12-10-23/h6-12,17-18,21,28,43H,4-5,13-16,19-20H2,1-3H3/t21-,28+/m1/s1. The number of benzene rings is 2. The summed E-state index contributed by atoms with van der Waals surface area (Å²) < 4.78 is 49.1. The average Bonchev–Trinajstić information content (AvgIpc) is 3.71. The van der Waals surface area contributed by atoms with E-state index in [1.807, 2.05) is 19.1 Å². The van der Waals surface area contributed by atoms with E-state index in [1.54, 1.807) is 29.2 Å². The molecule has 2 fully saturated rings. The van der Waals surface area contributed by atoms with Crippen molar-refractivity contribution >= 4 is 17.2 Å². The van der Waals surface area contributed by atoms with Gasteiger partial charge in [0.2, 0.25) is 0 Å². The van der Waals surface area contributed by atoms with Gasteiger partial charge in [-0.3, -0.25) is 9.69 Å². The SMILES string of the molecule is COc1ccc(-c2nc3c(C(=O)N4CCN([C@@H](CO)c5cccc(N6CCCC6)c5)C[C@H]4C)cnn3c(C(F)(F)F)c2C)cc1. The molecule has 2 saturated heterocycles. The van der Waals surface area contributed by atoms with E-state index < -0.39 is 17.8 Å². The molecule has 1 N–H and O–H groups in total. The topological polar surface area (TPSA) is 86.4 Å². The van der Waals surface area contributed by atoms with Crippen molar-refractivity contribution < 1.29 is 27.8 Å². The number of aliphatic hydroxyl groups excluding tert-OH is 1. The molecule has 2 aromatic heterocycles. The molecule has 2 atom stereocenters. The number of hydrogen-bond donors (Lipinski definition) is 1. The number of anilines is 1. The third kappa shape index (κ3) is 5.84. The maximum absolute atomic E-state index is 14.4. The Labute approximate surface area is 259 Å². The minimum Gasteiger partial charge on any atom is -0.497 e. The molecule has 4 aromatic rings. The van der Waals surface area contributed by atoms with Crippen LogP contribution in [-0.2, 0) is 6.18 Å². The van der Waals surface area contributed by atoms with Gasteiger partial charge in [-0.1, -0.05) is 12.1 Å². The molecule has 2 aromatic carbocycles. The van der Waals surface area contributed by atoms with Crippen molar-refractivity contribution in [3.8, 4) is 17.0 Å². The predicted molar refractivity (Wildman–Crippen MR) is 165 cm³/mol. The average molecular weight is 623 g/mol. The highest BCUT2D eigenvalue weighted by atomic mass is 19.4. The monoisotopic (exact) mass is 622 g/mol. The number of ether oxygens (including phenoxy) is 1. The Kier molecular flexibility index (Phi) is 8.45. The zero-order valence-electron chi connectivity index (χ0n) is 25.6. The van der Waals surface area contributed by atoms with Crippen molar-refractivity contribution in [2.45, 2.75) is 44.9 Å². The molecule has 12 heteroatoms. The Balaban J connectivity index is 1.28. The summed E-state index contributed by atoms with van der Waals surface area (Å²) >= 11 is 0. The minimum atomic E-state index is -4.73. The normalized spacial score (nSPS) is 18.5. The van der Waals surface area contributed by atoms with Gasteiger partial charge in [-0.2, -0.15) is 18.3 Å². The lowest BCUT2D eigenvalue weighted by Gasteiger charge is -2.43. The molecule has 1 amide bonds. The minimum absolute atomic E-state index is 0.00702. The molecular formula is C33H37F3N6O3. The van der Waals surface area contributed by atoms with Crippen LogP contribution in [0.2, 0.25) is 0 Å². The van der Waals surface area contributed by atoms with Crippen LogP contribution in [0.15, 0.2) is 54.7 Å². The van der Waals surface area contributed by atoms with Gasteiger partial charge in [-0.15, -0.1) is 0 Å². The summed E-state index contributed by atoms with van der Waals surface area (Å²) in [5.74, 6) is 0.128. The highest BCUT2D eigenvalue weighted by Gasteiger charge is 2.40. The van der Waals surface area contributed by atoms with Crippen LogP contribution in [0, 0.1) is 6.92 Å². The fraction of sp³-hybridized carbons (Fsp3) is 0.424. The first-order valence-corrected chi connectivity index (χ1v) is 15.2. The van der Waals surface area contributed by atoms with Gasteiger partial charge in [0.1, 0.15) is 11.3 Å². The summed E-state index contributed by atoms with van der Waals surface area (Å²) in [7, 11) is 1.51. The van der Waals surface area contributed by atoms with E-state index in [4.69, 9.17) is 4.74 Å². The maximum atomic E-state index is 14.4. The van der Waals surface area contributed by atoms with Crippen LogP contribution in [0.1, 0.15) is 53.0 Å². The number of fused-ring (bicyclic) bond motifs is 1. The van der Waals surface area contributed by atoms with Gasteiger partial charge in [-0.05, 0) is 68.7 Å². The zero-order valence-corrected chi connectivity index (χ0v) is 25.6. The van der Waals surface area contributed by atoms with Gasteiger partial charge < -0.3 is 19.6 Å². The van der Waals surface area contributed by atoms with Crippen molar-refractivity contribution in [1.29, 1.82) is 0 Å². The van der Waals surface area contributed by atoms with Crippen molar-refractivity contribution in [3.05, 3.63) is 77.1 Å². The number of halogens is 3. The third-order valence-corrected chi connectivity index (χ3v) is 9.01. The number of nitrogens with zero attached hydrogens (tertiary/aromatic N) is 6. The Morgan fingerprint density at radius 3 is 2.47 bits per heavy atom. The molecule has 6 rings (SSSR count). The molecule has 45 heavy (non-hydrogen) atoms. The quantitative estimate of drug-likeness (QED) is 0.303. The number of aromatic nitrogens is 3. The van der Waals surface area contributed by atoms with E-state index in [2.05, 4.69) is 32.0 Å². The van der Waals surface area contributed by atoms with E-state index in [9.17, 15) is 23.1 Å². The number of aliphatic hydroxyl groups is 1.